The lowest BCUT2D eigenvalue weighted by molar-refractivity contribution is 0.373. The van der Waals surface area contributed by atoms with Crippen molar-refractivity contribution in [3.05, 3.63) is 46.4 Å². The van der Waals surface area contributed by atoms with Crippen molar-refractivity contribution in [3.63, 3.8) is 0 Å². The SMILES string of the molecule is COc1cc(Br)cc(C=NNc2nnc3c(n2)[nH]c2ccccc23)c1O. The van der Waals surface area contributed by atoms with Crippen LogP contribution in [0.3, 0.4) is 0 Å². The third-order valence-corrected chi connectivity index (χ3v) is 4.24. The van der Waals surface area contributed by atoms with Crippen LogP contribution >= 0.6 is 15.9 Å². The Labute approximate surface area is 156 Å². The minimum Gasteiger partial charge on any atom is -0.504 e. The number of para-hydroxylation sites is 1. The number of anilines is 1. The molecule has 4 aromatic rings. The van der Waals surface area contributed by atoms with Crippen molar-refractivity contribution in [1.29, 1.82) is 0 Å². The van der Waals surface area contributed by atoms with Crippen LogP contribution in [0.15, 0.2) is 46.0 Å². The molecule has 0 saturated carbocycles. The third-order valence-electron chi connectivity index (χ3n) is 3.78. The number of H-pyrrole nitrogens is 1. The first-order valence-electron chi connectivity index (χ1n) is 7.62. The Morgan fingerprint density at radius 2 is 2.12 bits per heavy atom. The highest BCUT2D eigenvalue weighted by molar-refractivity contribution is 9.10. The molecule has 8 nitrogen and oxygen atoms in total. The summed E-state index contributed by atoms with van der Waals surface area (Å²) in [5, 5.41) is 23.4. The molecule has 0 saturated heterocycles. The van der Waals surface area contributed by atoms with Crippen LogP contribution < -0.4 is 10.2 Å². The smallest absolute Gasteiger partial charge is 0.265 e. The number of aromatic hydroxyl groups is 1. The molecule has 0 amide bonds. The monoisotopic (exact) mass is 412 g/mol. The quantitative estimate of drug-likeness (QED) is 0.350. The first-order chi connectivity index (χ1) is 12.7. The normalized spacial score (nSPS) is 11.5. The van der Waals surface area contributed by atoms with Gasteiger partial charge in [-0.2, -0.15) is 10.1 Å². The molecule has 2 aromatic carbocycles. The summed E-state index contributed by atoms with van der Waals surface area (Å²) in [6.45, 7) is 0. The van der Waals surface area contributed by atoms with Gasteiger partial charge in [0, 0.05) is 20.9 Å². The number of fused-ring (bicyclic) bond motifs is 3. The molecule has 0 radical (unpaired) electrons. The Morgan fingerprint density at radius 3 is 2.96 bits per heavy atom. The zero-order chi connectivity index (χ0) is 18.1. The minimum absolute atomic E-state index is 0.00800. The Balaban J connectivity index is 1.61. The van der Waals surface area contributed by atoms with Gasteiger partial charge in [-0.3, -0.25) is 0 Å². The van der Waals surface area contributed by atoms with E-state index in [1.165, 1.54) is 13.3 Å². The fourth-order valence-corrected chi connectivity index (χ4v) is 3.03. The summed E-state index contributed by atoms with van der Waals surface area (Å²) < 4.78 is 5.86. The van der Waals surface area contributed by atoms with Crippen LogP contribution in [-0.4, -0.2) is 38.6 Å². The topological polar surface area (TPSA) is 108 Å². The molecule has 0 aliphatic carbocycles. The van der Waals surface area contributed by atoms with Gasteiger partial charge >= 0.3 is 0 Å². The second kappa shape index (κ2) is 6.60. The third kappa shape index (κ3) is 2.93. The van der Waals surface area contributed by atoms with Crippen molar-refractivity contribution >= 4 is 50.2 Å². The highest BCUT2D eigenvalue weighted by atomic mass is 79.9. The van der Waals surface area contributed by atoms with E-state index in [4.69, 9.17) is 4.74 Å². The molecule has 130 valence electrons. The molecule has 26 heavy (non-hydrogen) atoms. The molecule has 0 bridgehead atoms. The highest BCUT2D eigenvalue weighted by Crippen LogP contribution is 2.32. The summed E-state index contributed by atoms with van der Waals surface area (Å²) in [7, 11) is 1.48. The van der Waals surface area contributed by atoms with E-state index in [0.29, 0.717) is 22.5 Å². The van der Waals surface area contributed by atoms with Crippen molar-refractivity contribution in [2.45, 2.75) is 0 Å². The molecule has 9 heteroatoms. The average molecular weight is 413 g/mol. The van der Waals surface area contributed by atoms with Gasteiger partial charge in [0.1, 0.15) is 5.52 Å². The zero-order valence-electron chi connectivity index (χ0n) is 13.6. The summed E-state index contributed by atoms with van der Waals surface area (Å²) in [4.78, 5) is 7.56. The van der Waals surface area contributed by atoms with E-state index in [1.807, 2.05) is 24.3 Å². The van der Waals surface area contributed by atoms with Gasteiger partial charge < -0.3 is 14.8 Å². The van der Waals surface area contributed by atoms with E-state index < -0.39 is 0 Å². The molecule has 0 fully saturated rings. The fraction of sp³-hybridized carbons (Fsp3) is 0.0588. The second-order valence-electron chi connectivity index (χ2n) is 5.42. The summed E-state index contributed by atoms with van der Waals surface area (Å²) in [5.74, 6) is 0.575. The van der Waals surface area contributed by atoms with E-state index in [-0.39, 0.29) is 11.7 Å². The molecule has 0 spiro atoms. The van der Waals surface area contributed by atoms with Crippen molar-refractivity contribution in [3.8, 4) is 11.5 Å². The van der Waals surface area contributed by atoms with Crippen molar-refractivity contribution in [2.75, 3.05) is 12.5 Å². The predicted octanol–water partition coefficient (Wildman–Crippen LogP) is 3.43. The van der Waals surface area contributed by atoms with Crippen molar-refractivity contribution in [1.82, 2.24) is 20.2 Å². The van der Waals surface area contributed by atoms with Gasteiger partial charge in [-0.1, -0.05) is 34.1 Å². The number of aromatic nitrogens is 4. The zero-order valence-corrected chi connectivity index (χ0v) is 15.1. The van der Waals surface area contributed by atoms with Crippen LogP contribution in [0.5, 0.6) is 11.5 Å². The first-order valence-corrected chi connectivity index (χ1v) is 8.41. The van der Waals surface area contributed by atoms with E-state index in [9.17, 15) is 5.11 Å². The maximum atomic E-state index is 10.1. The van der Waals surface area contributed by atoms with Gasteiger partial charge in [0.2, 0.25) is 0 Å². The molecule has 2 aromatic heterocycles. The molecular formula is C17H13BrN6O2. The molecule has 0 unspecified atom stereocenters. The molecular weight excluding hydrogens is 400 g/mol. The Kier molecular flexibility index (Phi) is 4.13. The molecule has 0 atom stereocenters. The highest BCUT2D eigenvalue weighted by Gasteiger charge is 2.09. The molecule has 3 N–H and O–H groups in total. The van der Waals surface area contributed by atoms with Crippen LogP contribution in [0, 0.1) is 0 Å². The van der Waals surface area contributed by atoms with E-state index in [0.717, 1.165) is 15.4 Å². The number of rotatable bonds is 4. The lowest BCUT2D eigenvalue weighted by Crippen LogP contribution is -1.99. The van der Waals surface area contributed by atoms with Gasteiger partial charge in [0.25, 0.3) is 5.95 Å². The first kappa shape index (κ1) is 16.3. The summed E-state index contributed by atoms with van der Waals surface area (Å²) in [6.07, 6.45) is 1.45. The maximum Gasteiger partial charge on any atom is 0.265 e. The Hall–Kier alpha value is -3.20. The number of phenols is 1. The second-order valence-corrected chi connectivity index (χ2v) is 6.33. The van der Waals surface area contributed by atoms with Crippen molar-refractivity contribution in [2.24, 2.45) is 5.10 Å². The molecule has 4 rings (SSSR count). The predicted molar refractivity (Wildman–Crippen MR) is 103 cm³/mol. The number of methoxy groups -OCH3 is 1. The fourth-order valence-electron chi connectivity index (χ4n) is 2.58. The number of aromatic amines is 1. The van der Waals surface area contributed by atoms with Crippen molar-refractivity contribution < 1.29 is 9.84 Å². The summed E-state index contributed by atoms with van der Waals surface area (Å²) in [6, 6.07) is 11.2. The molecule has 2 heterocycles. The number of phenolic OH excluding ortho intramolecular Hbond substituents is 1. The standard InChI is InChI=1S/C17H13BrN6O2/c1-26-13-7-10(18)6-9(15(13)25)8-19-23-17-21-16-14(22-24-17)11-4-2-3-5-12(11)20-16/h2-8,25H,1H3,(H2,20,21,23,24). The number of benzene rings is 2. The average Bonchev–Trinajstić information content (AvgIpc) is 3.02. The number of nitrogens with zero attached hydrogens (tertiary/aromatic N) is 4. The molecule has 0 aliphatic heterocycles. The van der Waals surface area contributed by atoms with E-state index in [2.05, 4.69) is 46.6 Å². The lowest BCUT2D eigenvalue weighted by Gasteiger charge is -2.06. The number of hydrazone groups is 1. The van der Waals surface area contributed by atoms with Crippen LogP contribution in [0.25, 0.3) is 22.1 Å². The Morgan fingerprint density at radius 1 is 1.27 bits per heavy atom. The summed E-state index contributed by atoms with van der Waals surface area (Å²) in [5.41, 5.74) is 5.44. The van der Waals surface area contributed by atoms with Crippen LogP contribution in [0.4, 0.5) is 5.95 Å². The van der Waals surface area contributed by atoms with Gasteiger partial charge in [-0.05, 0) is 18.2 Å². The number of hydrogen-bond donors (Lipinski definition) is 3. The van der Waals surface area contributed by atoms with Gasteiger partial charge in [0.15, 0.2) is 17.1 Å². The number of halogens is 1. The Bertz CT molecular complexity index is 1140. The van der Waals surface area contributed by atoms with E-state index in [1.54, 1.807) is 12.1 Å². The van der Waals surface area contributed by atoms with Gasteiger partial charge in [-0.15, -0.1) is 10.2 Å². The van der Waals surface area contributed by atoms with Gasteiger partial charge in [0.05, 0.1) is 13.3 Å². The lowest BCUT2D eigenvalue weighted by atomic mass is 10.2. The van der Waals surface area contributed by atoms with E-state index >= 15 is 0 Å². The minimum atomic E-state index is -0.00800. The summed E-state index contributed by atoms with van der Waals surface area (Å²) >= 11 is 3.36. The van der Waals surface area contributed by atoms with Crippen LogP contribution in [0.2, 0.25) is 0 Å². The maximum absolute atomic E-state index is 10.1. The van der Waals surface area contributed by atoms with Crippen LogP contribution in [-0.2, 0) is 0 Å². The number of nitrogens with one attached hydrogen (secondary N) is 2. The van der Waals surface area contributed by atoms with Gasteiger partial charge in [-0.25, -0.2) is 5.43 Å². The largest absolute Gasteiger partial charge is 0.504 e. The number of hydrogen-bond acceptors (Lipinski definition) is 7. The number of ether oxygens (including phenoxy) is 1. The molecule has 0 aliphatic rings. The van der Waals surface area contributed by atoms with Crippen LogP contribution in [0.1, 0.15) is 5.56 Å².